The summed E-state index contributed by atoms with van der Waals surface area (Å²) in [6, 6.07) is 6.88. The molecule has 0 saturated carbocycles. The minimum Gasteiger partial charge on any atom is -0.387 e. The van der Waals surface area contributed by atoms with E-state index >= 15 is 0 Å². The van der Waals surface area contributed by atoms with Crippen molar-refractivity contribution in [3.63, 3.8) is 0 Å². The molecule has 2 aliphatic rings. The van der Waals surface area contributed by atoms with Gasteiger partial charge < -0.3 is 9.63 Å². The maximum absolute atomic E-state index is 13.0. The van der Waals surface area contributed by atoms with Gasteiger partial charge in [0.1, 0.15) is 12.0 Å². The van der Waals surface area contributed by atoms with Gasteiger partial charge in [0.2, 0.25) is 0 Å². The SMILES string of the molecule is Cc1cc(C)cc(C2CC(c3csc(C4CCN(C(C=O)Cn5nc(C(F)(F)F)cc5C)CC4)n3)=NO2)c1. The Balaban J connectivity index is 1.18. The summed E-state index contributed by atoms with van der Waals surface area (Å²) in [4.78, 5) is 24.5. The Morgan fingerprint density at radius 3 is 2.47 bits per heavy atom. The zero-order valence-corrected chi connectivity index (χ0v) is 22.3. The lowest BCUT2D eigenvalue weighted by Crippen LogP contribution is -2.44. The molecule has 1 fully saturated rings. The van der Waals surface area contributed by atoms with E-state index in [9.17, 15) is 18.0 Å². The van der Waals surface area contributed by atoms with Crippen molar-refractivity contribution in [2.45, 2.75) is 70.8 Å². The summed E-state index contributed by atoms with van der Waals surface area (Å²) < 4.78 is 40.3. The Morgan fingerprint density at radius 1 is 1.13 bits per heavy atom. The number of piperidine rings is 1. The molecule has 0 aliphatic carbocycles. The first-order chi connectivity index (χ1) is 18.1. The fraction of sp³-hybridized carbons (Fsp3) is 0.481. The van der Waals surface area contributed by atoms with Crippen LogP contribution in [0.5, 0.6) is 0 Å². The maximum atomic E-state index is 13.0. The van der Waals surface area contributed by atoms with Gasteiger partial charge in [0, 0.05) is 23.4 Å². The number of aldehydes is 1. The Labute approximate surface area is 223 Å². The van der Waals surface area contributed by atoms with E-state index in [1.807, 2.05) is 10.3 Å². The molecule has 0 N–H and O–H groups in total. The van der Waals surface area contributed by atoms with Gasteiger partial charge in [-0.2, -0.15) is 18.3 Å². The minimum atomic E-state index is -4.51. The molecule has 0 spiro atoms. The van der Waals surface area contributed by atoms with Crippen molar-refractivity contribution in [3.8, 4) is 0 Å². The van der Waals surface area contributed by atoms with Crippen LogP contribution in [-0.4, -0.2) is 50.8 Å². The first kappa shape index (κ1) is 26.6. The van der Waals surface area contributed by atoms with Gasteiger partial charge in [-0.25, -0.2) is 4.98 Å². The van der Waals surface area contributed by atoms with Gasteiger partial charge in [0.15, 0.2) is 11.8 Å². The van der Waals surface area contributed by atoms with Crippen LogP contribution in [-0.2, 0) is 22.4 Å². The van der Waals surface area contributed by atoms with Crippen LogP contribution in [0.1, 0.15) is 70.1 Å². The van der Waals surface area contributed by atoms with Gasteiger partial charge in [-0.1, -0.05) is 34.5 Å². The number of carbonyl (C=O) groups is 1. The second-order valence-corrected chi connectivity index (χ2v) is 11.1. The fourth-order valence-electron chi connectivity index (χ4n) is 5.24. The molecular weight excluding hydrogens is 515 g/mol. The Morgan fingerprint density at radius 2 is 1.84 bits per heavy atom. The van der Waals surface area contributed by atoms with E-state index in [4.69, 9.17) is 9.82 Å². The molecule has 11 heteroatoms. The third kappa shape index (κ3) is 5.68. The molecule has 38 heavy (non-hydrogen) atoms. The highest BCUT2D eigenvalue weighted by atomic mass is 32.1. The average Bonchev–Trinajstić information content (AvgIpc) is 3.62. The number of likely N-dealkylation sites (tertiary alicyclic amines) is 1. The van der Waals surface area contributed by atoms with Gasteiger partial charge in [0.05, 0.1) is 23.3 Å². The van der Waals surface area contributed by atoms with Crippen molar-refractivity contribution in [1.29, 1.82) is 0 Å². The van der Waals surface area contributed by atoms with Gasteiger partial charge in [-0.05, 0) is 58.3 Å². The number of halogens is 3. The number of oxime groups is 1. The lowest BCUT2D eigenvalue weighted by molar-refractivity contribution is -0.141. The Kier molecular flexibility index (Phi) is 7.41. The molecule has 2 atom stereocenters. The number of aryl methyl sites for hydroxylation is 3. The van der Waals surface area contributed by atoms with Crippen molar-refractivity contribution >= 4 is 23.3 Å². The molecule has 0 bridgehead atoms. The molecule has 2 aromatic heterocycles. The van der Waals surface area contributed by atoms with Crippen molar-refractivity contribution in [1.82, 2.24) is 19.7 Å². The van der Waals surface area contributed by atoms with Gasteiger partial charge in [-0.3, -0.25) is 9.58 Å². The lowest BCUT2D eigenvalue weighted by atomic mass is 9.96. The molecule has 2 aliphatic heterocycles. The predicted octanol–water partition coefficient (Wildman–Crippen LogP) is 5.60. The zero-order valence-electron chi connectivity index (χ0n) is 21.5. The topological polar surface area (TPSA) is 72.6 Å². The molecule has 0 amide bonds. The number of rotatable bonds is 7. The number of hydrogen-bond acceptors (Lipinski definition) is 7. The van der Waals surface area contributed by atoms with Crippen molar-refractivity contribution < 1.29 is 22.8 Å². The minimum absolute atomic E-state index is 0.0962. The number of alkyl halides is 3. The molecule has 4 heterocycles. The molecule has 7 nitrogen and oxygen atoms in total. The average molecular weight is 546 g/mol. The summed E-state index contributed by atoms with van der Waals surface area (Å²) in [6.07, 6.45) is -1.50. The number of nitrogens with zero attached hydrogens (tertiary/aromatic N) is 5. The van der Waals surface area contributed by atoms with E-state index in [2.05, 4.69) is 42.3 Å². The van der Waals surface area contributed by atoms with Crippen LogP contribution in [0.15, 0.2) is 34.8 Å². The van der Waals surface area contributed by atoms with E-state index in [0.717, 1.165) is 47.2 Å². The van der Waals surface area contributed by atoms with Crippen LogP contribution in [0, 0.1) is 20.8 Å². The van der Waals surface area contributed by atoms with E-state index in [-0.39, 0.29) is 18.6 Å². The summed E-state index contributed by atoms with van der Waals surface area (Å²) in [5, 5.41) is 11.1. The second kappa shape index (κ2) is 10.6. The summed E-state index contributed by atoms with van der Waals surface area (Å²) in [5.41, 5.74) is 4.66. The molecular formula is C27H30F3N5O2S. The van der Waals surface area contributed by atoms with Crippen LogP contribution in [0.4, 0.5) is 13.2 Å². The number of carbonyl (C=O) groups excluding carboxylic acids is 1. The second-order valence-electron chi connectivity index (χ2n) is 10.2. The first-order valence-electron chi connectivity index (χ1n) is 12.7. The van der Waals surface area contributed by atoms with E-state index in [0.29, 0.717) is 25.2 Å². The summed E-state index contributed by atoms with van der Waals surface area (Å²) in [5.74, 6) is 0.263. The molecule has 5 rings (SSSR count). The zero-order chi connectivity index (χ0) is 27.0. The van der Waals surface area contributed by atoms with Gasteiger partial charge in [0.25, 0.3) is 0 Å². The normalized spacial score (nSPS) is 19.8. The predicted molar refractivity (Wildman–Crippen MR) is 138 cm³/mol. The number of benzene rings is 1. The summed E-state index contributed by atoms with van der Waals surface area (Å²) in [7, 11) is 0. The van der Waals surface area contributed by atoms with Crippen molar-refractivity contribution in [3.05, 3.63) is 68.4 Å². The summed E-state index contributed by atoms with van der Waals surface area (Å²) in [6.45, 7) is 7.14. The highest BCUT2D eigenvalue weighted by Crippen LogP contribution is 2.35. The van der Waals surface area contributed by atoms with Crippen LogP contribution in [0.2, 0.25) is 0 Å². The standard InChI is InChI=1S/C27H30F3N5O2S/c1-16-8-17(2)10-20(9-16)24-12-22(33-37-24)23-15-38-26(31-23)19-4-6-34(7-5-19)21(14-36)13-35-18(3)11-25(32-35)27(28,29)30/h8-11,14-15,19,21,24H,4-7,12-13H2,1-3H3. The van der Waals surface area contributed by atoms with E-state index in [1.54, 1.807) is 18.3 Å². The van der Waals surface area contributed by atoms with Gasteiger partial charge >= 0.3 is 6.18 Å². The van der Waals surface area contributed by atoms with Crippen LogP contribution < -0.4 is 0 Å². The highest BCUT2D eigenvalue weighted by molar-refractivity contribution is 7.10. The molecule has 1 saturated heterocycles. The summed E-state index contributed by atoms with van der Waals surface area (Å²) >= 11 is 1.61. The van der Waals surface area contributed by atoms with Crippen molar-refractivity contribution in [2.24, 2.45) is 5.16 Å². The fourth-order valence-corrected chi connectivity index (χ4v) is 6.24. The monoisotopic (exact) mass is 545 g/mol. The van der Waals surface area contributed by atoms with Gasteiger partial charge in [-0.15, -0.1) is 11.3 Å². The Bertz CT molecular complexity index is 1320. The lowest BCUT2D eigenvalue weighted by Gasteiger charge is -2.34. The number of thiazole rings is 1. The first-order valence-corrected chi connectivity index (χ1v) is 13.6. The van der Waals surface area contributed by atoms with Crippen LogP contribution in [0.3, 0.4) is 0 Å². The quantitative estimate of drug-likeness (QED) is 0.362. The molecule has 202 valence electrons. The van der Waals surface area contributed by atoms with Crippen molar-refractivity contribution in [2.75, 3.05) is 13.1 Å². The molecule has 2 unspecified atom stereocenters. The number of hydrogen-bond donors (Lipinski definition) is 0. The largest absolute Gasteiger partial charge is 0.435 e. The maximum Gasteiger partial charge on any atom is 0.435 e. The molecule has 1 aromatic carbocycles. The number of aromatic nitrogens is 3. The third-order valence-corrected chi connectivity index (χ3v) is 8.25. The smallest absolute Gasteiger partial charge is 0.387 e. The highest BCUT2D eigenvalue weighted by Gasteiger charge is 2.35. The third-order valence-electron chi connectivity index (χ3n) is 7.24. The molecule has 3 aromatic rings. The van der Waals surface area contributed by atoms with Crippen LogP contribution >= 0.6 is 11.3 Å². The van der Waals surface area contributed by atoms with E-state index < -0.39 is 17.9 Å². The molecule has 0 radical (unpaired) electrons. The van der Waals surface area contributed by atoms with Crippen LogP contribution in [0.25, 0.3) is 0 Å². The van der Waals surface area contributed by atoms with E-state index in [1.165, 1.54) is 15.8 Å². The Hall–Kier alpha value is -3.05.